The van der Waals surface area contributed by atoms with Crippen LogP contribution in [0.3, 0.4) is 0 Å². The third kappa shape index (κ3) is 3.97. The molecular weight excluding hydrogens is 268 g/mol. The van der Waals surface area contributed by atoms with Gasteiger partial charge in [0.2, 0.25) is 0 Å². The van der Waals surface area contributed by atoms with Gasteiger partial charge in [0, 0.05) is 11.1 Å². The van der Waals surface area contributed by atoms with Crippen LogP contribution >= 0.6 is 11.6 Å². The Balaban J connectivity index is 1.80. The van der Waals surface area contributed by atoms with Crippen molar-refractivity contribution in [2.24, 2.45) is 11.1 Å². The van der Waals surface area contributed by atoms with E-state index in [1.54, 1.807) is 0 Å². The predicted octanol–water partition coefficient (Wildman–Crippen LogP) is 4.24. The quantitative estimate of drug-likeness (QED) is 0.880. The van der Waals surface area contributed by atoms with E-state index in [2.05, 4.69) is 18.7 Å². The van der Waals surface area contributed by atoms with Crippen molar-refractivity contribution in [1.29, 1.82) is 0 Å². The molecule has 0 amide bonds. The molecule has 3 heteroatoms. The maximum Gasteiger partial charge on any atom is 0.0453 e. The van der Waals surface area contributed by atoms with Crippen molar-refractivity contribution in [3.63, 3.8) is 0 Å². The van der Waals surface area contributed by atoms with Gasteiger partial charge < -0.3 is 10.6 Å². The van der Waals surface area contributed by atoms with Gasteiger partial charge in [0.25, 0.3) is 0 Å². The van der Waals surface area contributed by atoms with E-state index in [0.29, 0.717) is 5.41 Å². The summed E-state index contributed by atoms with van der Waals surface area (Å²) in [6.07, 6.45) is 4.89. The minimum atomic E-state index is 0.0446. The summed E-state index contributed by atoms with van der Waals surface area (Å²) in [5, 5.41) is 0.789. The fourth-order valence-corrected chi connectivity index (χ4v) is 3.20. The number of nitrogens with zero attached hydrogens (tertiary/aromatic N) is 1. The number of benzene rings is 1. The minimum absolute atomic E-state index is 0.0446. The summed E-state index contributed by atoms with van der Waals surface area (Å²) in [5.41, 5.74) is 7.91. The highest BCUT2D eigenvalue weighted by Crippen LogP contribution is 2.34. The van der Waals surface area contributed by atoms with Gasteiger partial charge in [-0.15, -0.1) is 0 Å². The van der Waals surface area contributed by atoms with Crippen LogP contribution in [0.5, 0.6) is 0 Å². The van der Waals surface area contributed by atoms with Crippen molar-refractivity contribution >= 4 is 11.6 Å². The lowest BCUT2D eigenvalue weighted by molar-refractivity contribution is 0.112. The lowest BCUT2D eigenvalue weighted by Gasteiger charge is -2.39. The summed E-state index contributed by atoms with van der Waals surface area (Å²) in [7, 11) is 0. The van der Waals surface area contributed by atoms with E-state index in [1.165, 1.54) is 32.4 Å². The topological polar surface area (TPSA) is 29.3 Å². The Morgan fingerprint density at radius 1 is 1.30 bits per heavy atom. The monoisotopic (exact) mass is 294 g/mol. The molecule has 0 aliphatic carbocycles. The zero-order valence-electron chi connectivity index (χ0n) is 12.7. The number of hydrogen-bond acceptors (Lipinski definition) is 2. The SMILES string of the molecule is CCC1(C)CCN(CCC(N)c2ccccc2Cl)CC1. The number of nitrogens with two attached hydrogens (primary N) is 1. The van der Waals surface area contributed by atoms with E-state index in [0.717, 1.165) is 23.6 Å². The normalized spacial score (nSPS) is 20.8. The summed E-state index contributed by atoms with van der Waals surface area (Å²) in [5.74, 6) is 0. The van der Waals surface area contributed by atoms with E-state index < -0.39 is 0 Å². The average Bonchev–Trinajstić information content (AvgIpc) is 2.47. The van der Waals surface area contributed by atoms with Crippen LogP contribution in [-0.4, -0.2) is 24.5 Å². The lowest BCUT2D eigenvalue weighted by Crippen LogP contribution is -2.39. The second-order valence-corrected chi connectivity index (χ2v) is 6.83. The van der Waals surface area contributed by atoms with Gasteiger partial charge in [-0.3, -0.25) is 0 Å². The maximum absolute atomic E-state index is 6.28. The number of likely N-dealkylation sites (tertiary alicyclic amines) is 1. The predicted molar refractivity (Wildman–Crippen MR) is 87.1 cm³/mol. The Morgan fingerprint density at radius 2 is 1.95 bits per heavy atom. The Morgan fingerprint density at radius 3 is 2.55 bits per heavy atom. The van der Waals surface area contributed by atoms with Crippen molar-refractivity contribution in [2.75, 3.05) is 19.6 Å². The minimum Gasteiger partial charge on any atom is -0.324 e. The van der Waals surface area contributed by atoms with Gasteiger partial charge in [0.05, 0.1) is 0 Å². The summed E-state index contributed by atoms with van der Waals surface area (Å²) < 4.78 is 0. The zero-order chi connectivity index (χ0) is 14.6. The van der Waals surface area contributed by atoms with Gasteiger partial charge in [-0.1, -0.05) is 50.1 Å². The van der Waals surface area contributed by atoms with Crippen molar-refractivity contribution in [3.05, 3.63) is 34.9 Å². The maximum atomic E-state index is 6.28. The van der Waals surface area contributed by atoms with Gasteiger partial charge in [0.15, 0.2) is 0 Å². The molecule has 112 valence electrons. The smallest absolute Gasteiger partial charge is 0.0453 e. The highest BCUT2D eigenvalue weighted by molar-refractivity contribution is 6.31. The van der Waals surface area contributed by atoms with Crippen molar-refractivity contribution < 1.29 is 0 Å². The molecule has 1 heterocycles. The van der Waals surface area contributed by atoms with Crippen LogP contribution in [0, 0.1) is 5.41 Å². The Labute approximate surface area is 128 Å². The largest absolute Gasteiger partial charge is 0.324 e. The Bertz CT molecular complexity index is 425. The van der Waals surface area contributed by atoms with Crippen LogP contribution < -0.4 is 5.73 Å². The highest BCUT2D eigenvalue weighted by atomic mass is 35.5. The standard InChI is InChI=1S/C17H27ClN2/c1-3-17(2)9-12-20(13-10-17)11-8-16(19)14-6-4-5-7-15(14)18/h4-7,16H,3,8-13,19H2,1-2H3. The number of piperidine rings is 1. The average molecular weight is 295 g/mol. The zero-order valence-corrected chi connectivity index (χ0v) is 13.5. The van der Waals surface area contributed by atoms with Crippen molar-refractivity contribution in [1.82, 2.24) is 4.90 Å². The molecule has 0 spiro atoms. The molecule has 1 atom stereocenters. The molecule has 20 heavy (non-hydrogen) atoms. The second kappa shape index (κ2) is 6.93. The van der Waals surface area contributed by atoms with Gasteiger partial charge in [-0.05, 0) is 55.9 Å². The first-order chi connectivity index (χ1) is 9.54. The first kappa shape index (κ1) is 15.8. The third-order valence-electron chi connectivity index (χ3n) is 4.98. The fourth-order valence-electron chi connectivity index (χ4n) is 2.92. The molecule has 1 unspecified atom stereocenters. The molecular formula is C17H27ClN2. The van der Waals surface area contributed by atoms with Crippen molar-refractivity contribution in [3.8, 4) is 0 Å². The van der Waals surface area contributed by atoms with E-state index in [9.17, 15) is 0 Å². The molecule has 1 aliphatic rings. The molecule has 0 aromatic heterocycles. The first-order valence-electron chi connectivity index (χ1n) is 7.76. The van der Waals surface area contributed by atoms with Crippen LogP contribution in [0.15, 0.2) is 24.3 Å². The molecule has 2 rings (SSSR count). The van der Waals surface area contributed by atoms with E-state index >= 15 is 0 Å². The summed E-state index contributed by atoms with van der Waals surface area (Å²) in [6.45, 7) is 8.22. The Hall–Kier alpha value is -0.570. The van der Waals surface area contributed by atoms with Crippen LogP contribution in [-0.2, 0) is 0 Å². The Kier molecular flexibility index (Phi) is 5.48. The van der Waals surface area contributed by atoms with Gasteiger partial charge in [0.1, 0.15) is 0 Å². The summed E-state index contributed by atoms with van der Waals surface area (Å²) >= 11 is 6.20. The van der Waals surface area contributed by atoms with E-state index in [1.807, 2.05) is 24.3 Å². The number of rotatable bonds is 5. The first-order valence-corrected chi connectivity index (χ1v) is 8.14. The second-order valence-electron chi connectivity index (χ2n) is 6.42. The van der Waals surface area contributed by atoms with E-state index in [4.69, 9.17) is 17.3 Å². The number of hydrogen-bond donors (Lipinski definition) is 1. The molecule has 2 nitrogen and oxygen atoms in total. The molecule has 0 saturated carbocycles. The van der Waals surface area contributed by atoms with Crippen LogP contribution in [0.1, 0.15) is 51.1 Å². The molecule has 1 aliphatic heterocycles. The molecule has 0 radical (unpaired) electrons. The molecule has 0 bridgehead atoms. The van der Waals surface area contributed by atoms with Crippen LogP contribution in [0.2, 0.25) is 5.02 Å². The third-order valence-corrected chi connectivity index (χ3v) is 5.32. The fraction of sp³-hybridized carbons (Fsp3) is 0.647. The number of halogens is 1. The van der Waals surface area contributed by atoms with Crippen LogP contribution in [0.25, 0.3) is 0 Å². The van der Waals surface area contributed by atoms with Crippen LogP contribution in [0.4, 0.5) is 0 Å². The van der Waals surface area contributed by atoms with E-state index in [-0.39, 0.29) is 6.04 Å². The molecule has 1 aromatic rings. The van der Waals surface area contributed by atoms with Gasteiger partial charge in [-0.25, -0.2) is 0 Å². The van der Waals surface area contributed by atoms with Gasteiger partial charge in [-0.2, -0.15) is 0 Å². The summed E-state index contributed by atoms with van der Waals surface area (Å²) in [4.78, 5) is 2.55. The lowest BCUT2D eigenvalue weighted by atomic mass is 9.78. The molecule has 1 fully saturated rings. The molecule has 2 N–H and O–H groups in total. The van der Waals surface area contributed by atoms with Crippen molar-refractivity contribution in [2.45, 2.75) is 45.6 Å². The highest BCUT2D eigenvalue weighted by Gasteiger charge is 2.28. The molecule has 1 saturated heterocycles. The molecule has 1 aromatic carbocycles. The summed E-state index contributed by atoms with van der Waals surface area (Å²) in [6, 6.07) is 7.97. The van der Waals surface area contributed by atoms with Gasteiger partial charge >= 0.3 is 0 Å².